The van der Waals surface area contributed by atoms with Crippen molar-refractivity contribution in [2.75, 3.05) is 6.54 Å². The predicted molar refractivity (Wildman–Crippen MR) is 105 cm³/mol. The number of aromatic nitrogens is 1. The molecular weight excluding hydrogens is 376 g/mol. The maximum absolute atomic E-state index is 13.4. The molecule has 2 aromatic carbocycles. The highest BCUT2D eigenvalue weighted by molar-refractivity contribution is 9.10. The van der Waals surface area contributed by atoms with Gasteiger partial charge in [-0.05, 0) is 67.6 Å². The van der Waals surface area contributed by atoms with Gasteiger partial charge in [0.1, 0.15) is 0 Å². The lowest BCUT2D eigenvalue weighted by Gasteiger charge is -2.12. The molecule has 4 rings (SSSR count). The zero-order valence-electron chi connectivity index (χ0n) is 14.3. The fourth-order valence-corrected chi connectivity index (χ4v) is 4.53. The molecule has 1 aliphatic rings. The monoisotopic (exact) mass is 396 g/mol. The van der Waals surface area contributed by atoms with Crippen LogP contribution in [0.3, 0.4) is 0 Å². The summed E-state index contributed by atoms with van der Waals surface area (Å²) in [7, 11) is 0. The van der Waals surface area contributed by atoms with E-state index < -0.39 is 0 Å². The van der Waals surface area contributed by atoms with Crippen molar-refractivity contribution in [1.29, 1.82) is 0 Å². The van der Waals surface area contributed by atoms with E-state index in [1.165, 1.54) is 16.7 Å². The second-order valence-electron chi connectivity index (χ2n) is 6.81. The van der Waals surface area contributed by atoms with Crippen molar-refractivity contribution in [2.45, 2.75) is 26.2 Å². The van der Waals surface area contributed by atoms with E-state index in [9.17, 15) is 4.79 Å². The lowest BCUT2D eigenvalue weighted by molar-refractivity contribution is 0.0842. The lowest BCUT2D eigenvalue weighted by atomic mass is 10.1. The van der Waals surface area contributed by atoms with Gasteiger partial charge in [-0.2, -0.15) is 0 Å². The van der Waals surface area contributed by atoms with Gasteiger partial charge < -0.3 is 5.73 Å². The first-order chi connectivity index (χ1) is 12.1. The lowest BCUT2D eigenvalue weighted by Crippen LogP contribution is -2.23. The summed E-state index contributed by atoms with van der Waals surface area (Å²) < 4.78 is 3.00. The molecule has 0 spiro atoms. The third-order valence-corrected chi connectivity index (χ3v) is 5.80. The van der Waals surface area contributed by atoms with Crippen molar-refractivity contribution in [2.24, 2.45) is 11.7 Å². The molecule has 0 saturated heterocycles. The Balaban J connectivity index is 1.75. The molecule has 1 heterocycles. The Morgan fingerprint density at radius 3 is 2.76 bits per heavy atom. The normalized spacial score (nSPS) is 16.4. The minimum absolute atomic E-state index is 0.00420. The van der Waals surface area contributed by atoms with Gasteiger partial charge >= 0.3 is 0 Å². The Morgan fingerprint density at radius 2 is 1.96 bits per heavy atom. The Kier molecular flexibility index (Phi) is 4.26. The third-order valence-electron chi connectivity index (χ3n) is 5.31. The van der Waals surface area contributed by atoms with E-state index >= 15 is 0 Å². The SMILES string of the molecule is Cc1c(CCN)c2ccccc2n1C(=O)C1Cc2ccc(Br)cc2C1. The van der Waals surface area contributed by atoms with Gasteiger partial charge in [-0.1, -0.05) is 40.2 Å². The van der Waals surface area contributed by atoms with E-state index in [1.54, 1.807) is 0 Å². The first-order valence-electron chi connectivity index (χ1n) is 8.70. The highest BCUT2D eigenvalue weighted by Crippen LogP contribution is 2.33. The van der Waals surface area contributed by atoms with Crippen LogP contribution < -0.4 is 5.73 Å². The van der Waals surface area contributed by atoms with Gasteiger partial charge in [0.05, 0.1) is 5.52 Å². The molecule has 0 aliphatic heterocycles. The number of hydrogen-bond acceptors (Lipinski definition) is 2. The fourth-order valence-electron chi connectivity index (χ4n) is 4.12. The zero-order chi connectivity index (χ0) is 17.6. The average Bonchev–Trinajstić information content (AvgIpc) is 3.14. The summed E-state index contributed by atoms with van der Waals surface area (Å²) in [6.45, 7) is 2.63. The van der Waals surface area contributed by atoms with Gasteiger partial charge in [0.25, 0.3) is 0 Å². The van der Waals surface area contributed by atoms with Crippen LogP contribution in [0.1, 0.15) is 27.2 Å². The molecule has 0 fully saturated rings. The largest absolute Gasteiger partial charge is 0.330 e. The summed E-state index contributed by atoms with van der Waals surface area (Å²) in [6, 6.07) is 14.5. The highest BCUT2D eigenvalue weighted by atomic mass is 79.9. The van der Waals surface area contributed by atoms with Crippen LogP contribution >= 0.6 is 15.9 Å². The van der Waals surface area contributed by atoms with Gasteiger partial charge in [0.2, 0.25) is 5.91 Å². The molecule has 0 bridgehead atoms. The fraction of sp³-hybridized carbons (Fsp3) is 0.286. The first kappa shape index (κ1) is 16.6. The average molecular weight is 397 g/mol. The van der Waals surface area contributed by atoms with Crippen molar-refractivity contribution in [1.82, 2.24) is 4.57 Å². The zero-order valence-corrected chi connectivity index (χ0v) is 15.8. The summed E-state index contributed by atoms with van der Waals surface area (Å²) in [5.74, 6) is 0.203. The van der Waals surface area contributed by atoms with Crippen LogP contribution in [0.5, 0.6) is 0 Å². The summed E-state index contributed by atoms with van der Waals surface area (Å²) >= 11 is 3.53. The summed E-state index contributed by atoms with van der Waals surface area (Å²) in [5, 5.41) is 1.15. The second-order valence-corrected chi connectivity index (χ2v) is 7.73. The molecule has 0 saturated carbocycles. The van der Waals surface area contributed by atoms with Crippen LogP contribution in [0.15, 0.2) is 46.9 Å². The second kappa shape index (κ2) is 6.43. The van der Waals surface area contributed by atoms with Crippen molar-refractivity contribution in [3.8, 4) is 0 Å². The molecule has 3 aromatic rings. The van der Waals surface area contributed by atoms with E-state index in [-0.39, 0.29) is 11.8 Å². The number of rotatable bonds is 3. The molecule has 1 atom stereocenters. The standard InChI is InChI=1S/C21H21BrN2O/c1-13-18(8-9-23)19-4-2-3-5-20(19)24(13)21(25)16-10-14-6-7-17(22)12-15(14)11-16/h2-7,12,16H,8-11,23H2,1H3. The number of nitrogens with zero attached hydrogens (tertiary/aromatic N) is 1. The molecule has 4 heteroatoms. The number of para-hydroxylation sites is 1. The van der Waals surface area contributed by atoms with Gasteiger partial charge in [0, 0.05) is 21.5 Å². The van der Waals surface area contributed by atoms with E-state index in [0.717, 1.165) is 40.3 Å². The minimum Gasteiger partial charge on any atom is -0.330 e. The Morgan fingerprint density at radius 1 is 1.20 bits per heavy atom. The number of carbonyl (C=O) groups excluding carboxylic acids is 1. The van der Waals surface area contributed by atoms with E-state index in [0.29, 0.717) is 6.54 Å². The molecule has 128 valence electrons. The van der Waals surface area contributed by atoms with E-state index in [4.69, 9.17) is 5.73 Å². The van der Waals surface area contributed by atoms with Gasteiger partial charge in [-0.15, -0.1) is 0 Å². The van der Waals surface area contributed by atoms with Crippen LogP contribution in [0.4, 0.5) is 0 Å². The summed E-state index contributed by atoms with van der Waals surface area (Å²) in [6.07, 6.45) is 2.43. The number of benzene rings is 2. The van der Waals surface area contributed by atoms with Crippen LogP contribution in [-0.4, -0.2) is 17.0 Å². The predicted octanol–water partition coefficient (Wildman–Crippen LogP) is 4.27. The molecule has 3 nitrogen and oxygen atoms in total. The number of hydrogen-bond donors (Lipinski definition) is 1. The number of carbonyl (C=O) groups is 1. The van der Waals surface area contributed by atoms with Crippen LogP contribution in [-0.2, 0) is 19.3 Å². The molecule has 2 N–H and O–H groups in total. The van der Waals surface area contributed by atoms with E-state index in [2.05, 4.69) is 40.2 Å². The molecule has 1 aromatic heterocycles. The van der Waals surface area contributed by atoms with Crippen molar-refractivity contribution >= 4 is 32.7 Å². The van der Waals surface area contributed by atoms with Gasteiger partial charge in [-0.25, -0.2) is 0 Å². The van der Waals surface area contributed by atoms with Crippen LogP contribution in [0, 0.1) is 12.8 Å². The summed E-state index contributed by atoms with van der Waals surface area (Å²) in [4.78, 5) is 13.4. The Hall–Kier alpha value is -1.91. The molecule has 1 unspecified atom stereocenters. The molecule has 1 aliphatic carbocycles. The number of halogens is 1. The maximum atomic E-state index is 13.4. The smallest absolute Gasteiger partial charge is 0.235 e. The Labute approximate surface area is 156 Å². The number of nitrogens with two attached hydrogens (primary N) is 1. The minimum atomic E-state index is 0.00420. The Bertz CT molecular complexity index is 973. The first-order valence-corrected chi connectivity index (χ1v) is 9.50. The highest BCUT2D eigenvalue weighted by Gasteiger charge is 2.30. The molecule has 0 amide bonds. The van der Waals surface area contributed by atoms with Gasteiger partial charge in [0.15, 0.2) is 0 Å². The third kappa shape index (κ3) is 2.74. The number of fused-ring (bicyclic) bond motifs is 2. The van der Waals surface area contributed by atoms with Gasteiger partial charge in [-0.3, -0.25) is 9.36 Å². The van der Waals surface area contributed by atoms with Crippen molar-refractivity contribution in [3.63, 3.8) is 0 Å². The van der Waals surface area contributed by atoms with Crippen LogP contribution in [0.2, 0.25) is 0 Å². The molecular formula is C21H21BrN2O. The van der Waals surface area contributed by atoms with Crippen LogP contribution in [0.25, 0.3) is 10.9 Å². The topological polar surface area (TPSA) is 48.0 Å². The quantitative estimate of drug-likeness (QED) is 0.718. The van der Waals surface area contributed by atoms with Crippen molar-refractivity contribution < 1.29 is 4.79 Å². The van der Waals surface area contributed by atoms with Crippen molar-refractivity contribution in [3.05, 3.63) is 69.3 Å². The molecule has 0 radical (unpaired) electrons. The summed E-state index contributed by atoms with van der Waals surface area (Å²) in [5.41, 5.74) is 11.6. The molecule has 25 heavy (non-hydrogen) atoms. The maximum Gasteiger partial charge on any atom is 0.235 e. The van der Waals surface area contributed by atoms with E-state index in [1.807, 2.05) is 29.7 Å².